The summed E-state index contributed by atoms with van der Waals surface area (Å²) < 4.78 is 0. The lowest BCUT2D eigenvalue weighted by Gasteiger charge is -2.03. The van der Waals surface area contributed by atoms with Crippen LogP contribution in [0.2, 0.25) is 0 Å². The Morgan fingerprint density at radius 3 is 2.18 bits per heavy atom. The van der Waals surface area contributed by atoms with Gasteiger partial charge in [0, 0.05) is 12.0 Å². The molecule has 0 bridgehead atoms. The van der Waals surface area contributed by atoms with E-state index < -0.39 is 0 Å². The van der Waals surface area contributed by atoms with Crippen molar-refractivity contribution in [3.63, 3.8) is 0 Å². The van der Waals surface area contributed by atoms with E-state index in [1.54, 1.807) is 0 Å². The lowest BCUT2D eigenvalue weighted by Crippen LogP contribution is -1.96. The number of hydrogen-bond acceptors (Lipinski definition) is 1. The van der Waals surface area contributed by atoms with Gasteiger partial charge in [-0.15, -0.1) is 0 Å². The van der Waals surface area contributed by atoms with Gasteiger partial charge in [-0.25, -0.2) is 0 Å². The summed E-state index contributed by atoms with van der Waals surface area (Å²) in [5.74, 6) is 0.200. The van der Waals surface area contributed by atoms with E-state index in [0.717, 1.165) is 12.0 Å². The third-order valence-electron chi connectivity index (χ3n) is 2.79. The van der Waals surface area contributed by atoms with E-state index in [4.69, 9.17) is 0 Å². The summed E-state index contributed by atoms with van der Waals surface area (Å²) in [5.41, 5.74) is 3.29. The highest BCUT2D eigenvalue weighted by Gasteiger charge is 2.02. The second-order valence-electron chi connectivity index (χ2n) is 4.06. The molecule has 0 unspecified atom stereocenters. The molecule has 0 saturated carbocycles. The van der Waals surface area contributed by atoms with Crippen molar-refractivity contribution in [2.45, 2.75) is 19.8 Å². The summed E-state index contributed by atoms with van der Waals surface area (Å²) in [6, 6.07) is 18.8. The molecule has 0 atom stereocenters. The van der Waals surface area contributed by atoms with Crippen LogP contribution in [0.1, 0.15) is 34.8 Å². The van der Waals surface area contributed by atoms with Crippen molar-refractivity contribution >= 4 is 5.78 Å². The number of benzene rings is 2. The van der Waals surface area contributed by atoms with Gasteiger partial charge in [-0.2, -0.15) is 0 Å². The van der Waals surface area contributed by atoms with Crippen molar-refractivity contribution < 1.29 is 4.79 Å². The van der Waals surface area contributed by atoms with Gasteiger partial charge in [-0.05, 0) is 23.6 Å². The Morgan fingerprint density at radius 1 is 1.00 bits per heavy atom. The third-order valence-corrected chi connectivity index (χ3v) is 2.79. The van der Waals surface area contributed by atoms with Gasteiger partial charge in [0.1, 0.15) is 0 Å². The fourth-order valence-corrected chi connectivity index (χ4v) is 1.79. The summed E-state index contributed by atoms with van der Waals surface area (Å²) in [6.07, 6.45) is 1.46. The smallest absolute Gasteiger partial charge is 0.162 e. The Bertz CT molecular complexity index is 483. The molecule has 2 aromatic rings. The monoisotopic (exact) mass is 223 g/mol. The zero-order chi connectivity index (χ0) is 12.1. The quantitative estimate of drug-likeness (QED) is 0.723. The predicted octanol–water partition coefficient (Wildman–Crippen LogP) is 3.67. The average Bonchev–Trinajstić information content (AvgIpc) is 2.40. The van der Waals surface area contributed by atoms with Crippen LogP contribution in [0.4, 0.5) is 0 Å². The van der Waals surface area contributed by atoms with Crippen molar-refractivity contribution in [1.29, 1.82) is 0 Å². The number of carbonyl (C=O) groups excluding carboxylic acids is 1. The number of ketones is 1. The molecule has 2 rings (SSSR count). The van der Waals surface area contributed by atoms with Crippen LogP contribution in [0.5, 0.6) is 0 Å². The van der Waals surface area contributed by atoms with Crippen LogP contribution in [0.15, 0.2) is 48.5 Å². The summed E-state index contributed by atoms with van der Waals surface area (Å²) in [4.78, 5) is 11.5. The van der Waals surface area contributed by atoms with Crippen molar-refractivity contribution in [3.8, 4) is 0 Å². The Labute approximate surface area is 102 Å². The molecule has 2 aromatic carbocycles. The van der Waals surface area contributed by atoms with Gasteiger partial charge in [0.2, 0.25) is 0 Å². The molecule has 0 aromatic heterocycles. The minimum absolute atomic E-state index is 0.200. The molecule has 0 N–H and O–H groups in total. The number of Topliss-reactive ketones (excluding diaryl/α,β-unsaturated/α-hetero) is 1. The number of carbonyl (C=O) groups is 1. The molecule has 17 heavy (non-hydrogen) atoms. The Kier molecular flexibility index (Phi) is 3.71. The highest BCUT2D eigenvalue weighted by Crippen LogP contribution is 2.11. The summed E-state index contributed by atoms with van der Waals surface area (Å²) in [6.45, 7) is 1.89. The molecule has 0 aliphatic rings. The lowest BCUT2D eigenvalue weighted by molar-refractivity contribution is 0.0988. The van der Waals surface area contributed by atoms with E-state index in [9.17, 15) is 4.79 Å². The Morgan fingerprint density at radius 2 is 1.59 bits per heavy atom. The van der Waals surface area contributed by atoms with Crippen LogP contribution in [0, 0.1) is 6.07 Å². The maximum Gasteiger partial charge on any atom is 0.162 e. The van der Waals surface area contributed by atoms with Gasteiger partial charge in [0.15, 0.2) is 5.78 Å². The summed E-state index contributed by atoms with van der Waals surface area (Å²) in [7, 11) is 0. The molecule has 0 fully saturated rings. The van der Waals surface area contributed by atoms with Gasteiger partial charge in [-0.1, -0.05) is 55.5 Å². The summed E-state index contributed by atoms with van der Waals surface area (Å²) >= 11 is 0. The van der Waals surface area contributed by atoms with Crippen molar-refractivity contribution in [2.75, 3.05) is 0 Å². The second kappa shape index (κ2) is 5.44. The van der Waals surface area contributed by atoms with Crippen molar-refractivity contribution in [2.24, 2.45) is 0 Å². The molecule has 0 heterocycles. The topological polar surface area (TPSA) is 17.1 Å². The van der Waals surface area contributed by atoms with Gasteiger partial charge in [0.05, 0.1) is 0 Å². The lowest BCUT2D eigenvalue weighted by atomic mass is 10.0. The van der Waals surface area contributed by atoms with E-state index in [1.165, 1.54) is 11.1 Å². The normalized spacial score (nSPS) is 10.2. The Hall–Kier alpha value is -1.89. The summed E-state index contributed by atoms with van der Waals surface area (Å²) in [5, 5.41) is 0. The first-order valence-electron chi connectivity index (χ1n) is 5.86. The first-order valence-corrected chi connectivity index (χ1v) is 5.86. The molecule has 85 valence electrons. The molecule has 1 nitrogen and oxygen atoms in total. The van der Waals surface area contributed by atoms with Crippen LogP contribution < -0.4 is 0 Å². The molecule has 0 aliphatic heterocycles. The maximum atomic E-state index is 11.5. The van der Waals surface area contributed by atoms with Crippen LogP contribution in [-0.4, -0.2) is 5.78 Å². The van der Waals surface area contributed by atoms with Crippen LogP contribution in [0.25, 0.3) is 0 Å². The van der Waals surface area contributed by atoms with E-state index in [1.807, 2.05) is 43.3 Å². The van der Waals surface area contributed by atoms with Gasteiger partial charge < -0.3 is 0 Å². The Balaban J connectivity index is 2.11. The zero-order valence-electron chi connectivity index (χ0n) is 9.94. The number of hydrogen-bond donors (Lipinski definition) is 0. The SMILES string of the molecule is CCC(=O)c1ccc(Cc2cc[c]cc2)cc1. The van der Waals surface area contributed by atoms with Gasteiger partial charge in [-0.3, -0.25) is 4.79 Å². The average molecular weight is 223 g/mol. The van der Waals surface area contributed by atoms with Crippen LogP contribution in [0.3, 0.4) is 0 Å². The number of rotatable bonds is 4. The third kappa shape index (κ3) is 3.04. The minimum atomic E-state index is 0.200. The van der Waals surface area contributed by atoms with Gasteiger partial charge >= 0.3 is 0 Å². The van der Waals surface area contributed by atoms with E-state index in [-0.39, 0.29) is 5.78 Å². The predicted molar refractivity (Wildman–Crippen MR) is 69.1 cm³/mol. The highest BCUT2D eigenvalue weighted by atomic mass is 16.1. The van der Waals surface area contributed by atoms with E-state index in [0.29, 0.717) is 6.42 Å². The molecule has 0 spiro atoms. The van der Waals surface area contributed by atoms with Crippen molar-refractivity contribution in [1.82, 2.24) is 0 Å². The van der Waals surface area contributed by atoms with Gasteiger partial charge in [0.25, 0.3) is 0 Å². The maximum absolute atomic E-state index is 11.5. The fraction of sp³-hybridized carbons (Fsp3) is 0.188. The van der Waals surface area contributed by atoms with E-state index in [2.05, 4.69) is 18.2 Å². The molecule has 0 saturated heterocycles. The second-order valence-corrected chi connectivity index (χ2v) is 4.06. The molecule has 1 radical (unpaired) electrons. The standard InChI is InChI=1S/C16H15O/c1-2-16(17)15-10-8-14(9-11-15)12-13-6-4-3-5-7-13/h4-11H,2,12H2,1H3. The fourth-order valence-electron chi connectivity index (χ4n) is 1.79. The van der Waals surface area contributed by atoms with Crippen LogP contribution >= 0.6 is 0 Å². The molecule has 0 aliphatic carbocycles. The molecule has 1 heteroatoms. The molecule has 0 amide bonds. The largest absolute Gasteiger partial charge is 0.294 e. The highest BCUT2D eigenvalue weighted by molar-refractivity contribution is 5.95. The molecular weight excluding hydrogens is 208 g/mol. The first-order chi connectivity index (χ1) is 8.29. The van der Waals surface area contributed by atoms with Crippen LogP contribution in [-0.2, 0) is 6.42 Å². The first kappa shape index (κ1) is 11.6. The van der Waals surface area contributed by atoms with E-state index >= 15 is 0 Å². The minimum Gasteiger partial charge on any atom is -0.294 e. The molecular formula is C16H15O. The van der Waals surface area contributed by atoms with Crippen molar-refractivity contribution in [3.05, 3.63) is 71.3 Å². The zero-order valence-corrected chi connectivity index (χ0v) is 9.94.